The van der Waals surface area contributed by atoms with Gasteiger partial charge in [0, 0.05) is 31.8 Å². The van der Waals surface area contributed by atoms with Gasteiger partial charge in [-0.15, -0.1) is 0 Å². The number of aromatic nitrogens is 1. The highest BCUT2D eigenvalue weighted by molar-refractivity contribution is 5.44. The number of hydrogen-bond acceptors (Lipinski definition) is 3. The number of pyridine rings is 1. The second-order valence-corrected chi connectivity index (χ2v) is 3.02. The standard InChI is InChI=1S/C10H16N2O/c1-13-7-3-2-4-9-8-12-6-5-10(9)11/h5-6,8H,2-4,7H2,1H3,(H2,11,12). The third-order valence-electron chi connectivity index (χ3n) is 1.99. The van der Waals surface area contributed by atoms with E-state index in [1.165, 1.54) is 0 Å². The average molecular weight is 180 g/mol. The summed E-state index contributed by atoms with van der Waals surface area (Å²) in [5.41, 5.74) is 7.74. The number of aryl methyl sites for hydroxylation is 1. The van der Waals surface area contributed by atoms with E-state index in [9.17, 15) is 0 Å². The van der Waals surface area contributed by atoms with Crippen LogP contribution in [0.25, 0.3) is 0 Å². The third kappa shape index (κ3) is 3.42. The molecule has 0 fully saturated rings. The minimum atomic E-state index is 0.820. The van der Waals surface area contributed by atoms with Crippen molar-refractivity contribution in [3.8, 4) is 0 Å². The van der Waals surface area contributed by atoms with Gasteiger partial charge in [0.15, 0.2) is 0 Å². The highest BCUT2D eigenvalue weighted by Gasteiger charge is 1.97. The van der Waals surface area contributed by atoms with E-state index in [4.69, 9.17) is 10.5 Å². The lowest BCUT2D eigenvalue weighted by Gasteiger charge is -2.03. The molecule has 0 spiro atoms. The number of nitrogens with two attached hydrogens (primary N) is 1. The fraction of sp³-hybridized carbons (Fsp3) is 0.500. The maximum Gasteiger partial charge on any atom is 0.0462 e. The van der Waals surface area contributed by atoms with Gasteiger partial charge in [0.05, 0.1) is 0 Å². The molecule has 3 nitrogen and oxygen atoms in total. The van der Waals surface area contributed by atoms with Crippen molar-refractivity contribution in [1.82, 2.24) is 4.98 Å². The topological polar surface area (TPSA) is 48.1 Å². The molecule has 0 aliphatic rings. The van der Waals surface area contributed by atoms with Crippen LogP contribution in [-0.2, 0) is 11.2 Å². The van der Waals surface area contributed by atoms with E-state index < -0.39 is 0 Å². The first kappa shape index (κ1) is 9.99. The Labute approximate surface area is 78.9 Å². The van der Waals surface area contributed by atoms with Crippen LogP contribution in [0.1, 0.15) is 18.4 Å². The van der Waals surface area contributed by atoms with Crippen molar-refractivity contribution in [3.05, 3.63) is 24.0 Å². The first-order valence-electron chi connectivity index (χ1n) is 4.52. The van der Waals surface area contributed by atoms with Crippen LogP contribution in [0.3, 0.4) is 0 Å². The van der Waals surface area contributed by atoms with Gasteiger partial charge in [0.2, 0.25) is 0 Å². The maximum atomic E-state index is 5.76. The van der Waals surface area contributed by atoms with Crippen LogP contribution >= 0.6 is 0 Å². The number of nitrogen functional groups attached to an aromatic ring is 1. The lowest BCUT2D eigenvalue weighted by molar-refractivity contribution is 0.193. The van der Waals surface area contributed by atoms with Crippen molar-refractivity contribution in [1.29, 1.82) is 0 Å². The first-order valence-corrected chi connectivity index (χ1v) is 4.52. The summed E-state index contributed by atoms with van der Waals surface area (Å²) in [7, 11) is 1.72. The molecule has 3 heteroatoms. The molecular formula is C10H16N2O. The molecule has 0 bridgehead atoms. The van der Waals surface area contributed by atoms with Gasteiger partial charge in [-0.05, 0) is 30.9 Å². The van der Waals surface area contributed by atoms with E-state index in [0.717, 1.165) is 37.1 Å². The Morgan fingerprint density at radius 1 is 1.46 bits per heavy atom. The summed E-state index contributed by atoms with van der Waals surface area (Å²) in [6.45, 7) is 0.820. The third-order valence-corrected chi connectivity index (χ3v) is 1.99. The van der Waals surface area contributed by atoms with E-state index in [0.29, 0.717) is 0 Å². The van der Waals surface area contributed by atoms with Crippen LogP contribution in [0.15, 0.2) is 18.5 Å². The van der Waals surface area contributed by atoms with Crippen molar-refractivity contribution in [2.24, 2.45) is 0 Å². The Kier molecular flexibility index (Phi) is 4.26. The minimum absolute atomic E-state index is 0.820. The molecule has 0 saturated heterocycles. The van der Waals surface area contributed by atoms with Crippen molar-refractivity contribution in [2.45, 2.75) is 19.3 Å². The van der Waals surface area contributed by atoms with E-state index in [1.807, 2.05) is 12.3 Å². The Morgan fingerprint density at radius 3 is 3.00 bits per heavy atom. The van der Waals surface area contributed by atoms with Crippen molar-refractivity contribution in [3.63, 3.8) is 0 Å². The zero-order valence-corrected chi connectivity index (χ0v) is 7.99. The predicted molar refractivity (Wildman–Crippen MR) is 53.5 cm³/mol. The average Bonchev–Trinajstić information content (AvgIpc) is 2.15. The van der Waals surface area contributed by atoms with Crippen molar-refractivity contribution in [2.75, 3.05) is 19.5 Å². The summed E-state index contributed by atoms with van der Waals surface area (Å²) in [6.07, 6.45) is 6.72. The fourth-order valence-corrected chi connectivity index (χ4v) is 1.21. The molecule has 0 aliphatic heterocycles. The molecule has 1 heterocycles. The summed E-state index contributed by atoms with van der Waals surface area (Å²) >= 11 is 0. The van der Waals surface area contributed by atoms with E-state index in [2.05, 4.69) is 4.98 Å². The summed E-state index contributed by atoms with van der Waals surface area (Å²) < 4.78 is 4.96. The normalized spacial score (nSPS) is 10.2. The molecule has 72 valence electrons. The molecule has 1 rings (SSSR count). The maximum absolute atomic E-state index is 5.76. The molecule has 0 aromatic carbocycles. The first-order chi connectivity index (χ1) is 6.34. The second-order valence-electron chi connectivity index (χ2n) is 3.02. The molecule has 0 unspecified atom stereocenters. The zero-order chi connectivity index (χ0) is 9.52. The van der Waals surface area contributed by atoms with Gasteiger partial charge in [0.1, 0.15) is 0 Å². The van der Waals surface area contributed by atoms with Gasteiger partial charge < -0.3 is 10.5 Å². The molecule has 0 aliphatic carbocycles. The number of rotatable bonds is 5. The number of nitrogens with zero attached hydrogens (tertiary/aromatic N) is 1. The SMILES string of the molecule is COCCCCc1cnccc1N. The van der Waals surface area contributed by atoms with E-state index in [-0.39, 0.29) is 0 Å². The Balaban J connectivity index is 2.32. The van der Waals surface area contributed by atoms with Crippen LogP contribution in [0, 0.1) is 0 Å². The van der Waals surface area contributed by atoms with E-state index in [1.54, 1.807) is 13.3 Å². The molecule has 1 aromatic heterocycles. The highest BCUT2D eigenvalue weighted by atomic mass is 16.5. The van der Waals surface area contributed by atoms with Crippen LogP contribution < -0.4 is 5.73 Å². The Hall–Kier alpha value is -1.09. The monoisotopic (exact) mass is 180 g/mol. The van der Waals surface area contributed by atoms with Crippen LogP contribution in [0.4, 0.5) is 5.69 Å². The molecule has 13 heavy (non-hydrogen) atoms. The molecule has 0 radical (unpaired) electrons. The number of unbranched alkanes of at least 4 members (excludes halogenated alkanes) is 1. The predicted octanol–water partition coefficient (Wildman–Crippen LogP) is 1.63. The summed E-state index contributed by atoms with van der Waals surface area (Å²) in [5, 5.41) is 0. The van der Waals surface area contributed by atoms with Gasteiger partial charge in [-0.3, -0.25) is 4.98 Å². The number of hydrogen-bond donors (Lipinski definition) is 1. The molecule has 1 aromatic rings. The van der Waals surface area contributed by atoms with Gasteiger partial charge >= 0.3 is 0 Å². The van der Waals surface area contributed by atoms with Crippen molar-refractivity contribution < 1.29 is 4.74 Å². The number of methoxy groups -OCH3 is 1. The van der Waals surface area contributed by atoms with E-state index >= 15 is 0 Å². The Morgan fingerprint density at radius 2 is 2.31 bits per heavy atom. The summed E-state index contributed by atoms with van der Waals surface area (Å²) in [4.78, 5) is 4.03. The van der Waals surface area contributed by atoms with Gasteiger partial charge in [-0.1, -0.05) is 0 Å². The zero-order valence-electron chi connectivity index (χ0n) is 7.99. The van der Waals surface area contributed by atoms with Crippen molar-refractivity contribution >= 4 is 5.69 Å². The van der Waals surface area contributed by atoms with Gasteiger partial charge in [0.25, 0.3) is 0 Å². The largest absolute Gasteiger partial charge is 0.398 e. The van der Waals surface area contributed by atoms with Crippen LogP contribution in [0.2, 0.25) is 0 Å². The molecule has 0 atom stereocenters. The fourth-order valence-electron chi connectivity index (χ4n) is 1.21. The highest BCUT2D eigenvalue weighted by Crippen LogP contribution is 2.11. The van der Waals surface area contributed by atoms with Crippen LogP contribution in [0.5, 0.6) is 0 Å². The molecular weight excluding hydrogens is 164 g/mol. The van der Waals surface area contributed by atoms with Crippen LogP contribution in [-0.4, -0.2) is 18.7 Å². The minimum Gasteiger partial charge on any atom is -0.398 e. The molecule has 0 amide bonds. The smallest absolute Gasteiger partial charge is 0.0462 e. The van der Waals surface area contributed by atoms with Gasteiger partial charge in [-0.2, -0.15) is 0 Å². The number of ether oxygens (including phenoxy) is 1. The Bertz CT molecular complexity index is 250. The quantitative estimate of drug-likeness (QED) is 0.701. The second kappa shape index (κ2) is 5.54. The summed E-state index contributed by atoms with van der Waals surface area (Å²) in [5.74, 6) is 0. The molecule has 0 saturated carbocycles. The lowest BCUT2D eigenvalue weighted by Crippen LogP contribution is -1.96. The lowest BCUT2D eigenvalue weighted by atomic mass is 10.1. The number of anilines is 1. The summed E-state index contributed by atoms with van der Waals surface area (Å²) in [6, 6.07) is 1.84. The van der Waals surface area contributed by atoms with Gasteiger partial charge in [-0.25, -0.2) is 0 Å². The molecule has 2 N–H and O–H groups in total.